The number of carbonyl (C=O) groups is 1. The standard InChI is InChI=1S/C20H21N3O3/c1-13-6-5-7-16(8-13)23-14(2)19(12-21-23)20(24)22-15-9-17(25-3)11-18(10-15)26-4/h5-12H,1-4H3,(H,22,24). The molecule has 6 nitrogen and oxygen atoms in total. The molecule has 2 aromatic carbocycles. The molecule has 0 aliphatic carbocycles. The summed E-state index contributed by atoms with van der Waals surface area (Å²) in [7, 11) is 3.13. The van der Waals surface area contributed by atoms with Gasteiger partial charge in [-0.3, -0.25) is 4.79 Å². The van der Waals surface area contributed by atoms with Crippen LogP contribution in [0.5, 0.6) is 11.5 Å². The van der Waals surface area contributed by atoms with Gasteiger partial charge in [0.1, 0.15) is 11.5 Å². The van der Waals surface area contributed by atoms with Crippen molar-refractivity contribution in [1.29, 1.82) is 0 Å². The zero-order valence-corrected chi connectivity index (χ0v) is 15.2. The molecule has 0 atom stereocenters. The minimum atomic E-state index is -0.239. The van der Waals surface area contributed by atoms with Gasteiger partial charge in [-0.15, -0.1) is 0 Å². The first-order chi connectivity index (χ1) is 12.5. The minimum Gasteiger partial charge on any atom is -0.497 e. The van der Waals surface area contributed by atoms with Crippen LogP contribution in [0, 0.1) is 13.8 Å². The number of aromatic nitrogens is 2. The topological polar surface area (TPSA) is 65.4 Å². The fourth-order valence-corrected chi connectivity index (χ4v) is 2.73. The minimum absolute atomic E-state index is 0.239. The Kier molecular flexibility index (Phi) is 4.93. The van der Waals surface area contributed by atoms with Crippen molar-refractivity contribution in [2.45, 2.75) is 13.8 Å². The van der Waals surface area contributed by atoms with Crippen LogP contribution in [-0.2, 0) is 0 Å². The first kappa shape index (κ1) is 17.5. The van der Waals surface area contributed by atoms with Crippen molar-refractivity contribution in [3.63, 3.8) is 0 Å². The lowest BCUT2D eigenvalue weighted by Gasteiger charge is -2.10. The second-order valence-corrected chi connectivity index (χ2v) is 5.95. The molecule has 0 spiro atoms. The molecule has 0 aliphatic heterocycles. The maximum atomic E-state index is 12.7. The Labute approximate surface area is 152 Å². The average Bonchev–Trinajstić information content (AvgIpc) is 3.02. The van der Waals surface area contributed by atoms with Gasteiger partial charge in [0.05, 0.1) is 37.4 Å². The monoisotopic (exact) mass is 351 g/mol. The number of amides is 1. The SMILES string of the molecule is COc1cc(NC(=O)c2cnn(-c3cccc(C)c3)c2C)cc(OC)c1. The Bertz CT molecular complexity index is 925. The van der Waals surface area contributed by atoms with E-state index in [0.717, 1.165) is 16.9 Å². The van der Waals surface area contributed by atoms with Gasteiger partial charge in [0.2, 0.25) is 0 Å². The highest BCUT2D eigenvalue weighted by Crippen LogP contribution is 2.26. The van der Waals surface area contributed by atoms with Crippen molar-refractivity contribution in [2.24, 2.45) is 0 Å². The Morgan fingerprint density at radius 3 is 2.35 bits per heavy atom. The number of rotatable bonds is 5. The fraction of sp³-hybridized carbons (Fsp3) is 0.200. The van der Waals surface area contributed by atoms with E-state index in [2.05, 4.69) is 10.4 Å². The number of hydrogen-bond acceptors (Lipinski definition) is 4. The Hall–Kier alpha value is -3.28. The van der Waals surface area contributed by atoms with Crippen LogP contribution in [0.3, 0.4) is 0 Å². The van der Waals surface area contributed by atoms with Gasteiger partial charge in [-0.05, 0) is 31.5 Å². The van der Waals surface area contributed by atoms with Gasteiger partial charge in [0, 0.05) is 23.9 Å². The molecule has 0 bridgehead atoms. The molecule has 26 heavy (non-hydrogen) atoms. The number of anilines is 1. The highest BCUT2D eigenvalue weighted by Gasteiger charge is 2.16. The second-order valence-electron chi connectivity index (χ2n) is 5.95. The zero-order chi connectivity index (χ0) is 18.7. The second kappa shape index (κ2) is 7.31. The number of carbonyl (C=O) groups excluding carboxylic acids is 1. The normalized spacial score (nSPS) is 10.5. The number of hydrogen-bond donors (Lipinski definition) is 1. The van der Waals surface area contributed by atoms with Crippen molar-refractivity contribution in [3.05, 3.63) is 65.5 Å². The lowest BCUT2D eigenvalue weighted by molar-refractivity contribution is 0.102. The number of benzene rings is 2. The Morgan fingerprint density at radius 1 is 1.04 bits per heavy atom. The number of ether oxygens (including phenoxy) is 2. The number of aryl methyl sites for hydroxylation is 1. The van der Waals surface area contributed by atoms with Crippen molar-refractivity contribution in [2.75, 3.05) is 19.5 Å². The van der Waals surface area contributed by atoms with E-state index in [9.17, 15) is 4.79 Å². The van der Waals surface area contributed by atoms with E-state index >= 15 is 0 Å². The largest absolute Gasteiger partial charge is 0.497 e. The third kappa shape index (κ3) is 3.54. The summed E-state index contributed by atoms with van der Waals surface area (Å²) in [6.07, 6.45) is 1.57. The van der Waals surface area contributed by atoms with Gasteiger partial charge < -0.3 is 14.8 Å². The molecular weight excluding hydrogens is 330 g/mol. The molecule has 0 unspecified atom stereocenters. The summed E-state index contributed by atoms with van der Waals surface area (Å²) in [6, 6.07) is 13.2. The van der Waals surface area contributed by atoms with Crippen LogP contribution in [0.1, 0.15) is 21.6 Å². The van der Waals surface area contributed by atoms with E-state index in [1.165, 1.54) is 0 Å². The van der Waals surface area contributed by atoms with Crippen LogP contribution in [0.4, 0.5) is 5.69 Å². The van der Waals surface area contributed by atoms with Gasteiger partial charge in [0.15, 0.2) is 0 Å². The molecule has 0 fully saturated rings. The van der Waals surface area contributed by atoms with E-state index in [1.54, 1.807) is 43.3 Å². The molecule has 0 radical (unpaired) electrons. The molecule has 1 N–H and O–H groups in total. The zero-order valence-electron chi connectivity index (χ0n) is 15.2. The van der Waals surface area contributed by atoms with Gasteiger partial charge in [-0.1, -0.05) is 12.1 Å². The van der Waals surface area contributed by atoms with E-state index < -0.39 is 0 Å². The van der Waals surface area contributed by atoms with Crippen LogP contribution in [0.2, 0.25) is 0 Å². The van der Waals surface area contributed by atoms with Gasteiger partial charge in [-0.25, -0.2) is 4.68 Å². The van der Waals surface area contributed by atoms with Crippen LogP contribution < -0.4 is 14.8 Å². The van der Waals surface area contributed by atoms with Gasteiger partial charge in [-0.2, -0.15) is 5.10 Å². The maximum Gasteiger partial charge on any atom is 0.259 e. The summed E-state index contributed by atoms with van der Waals surface area (Å²) in [5, 5.41) is 7.24. The van der Waals surface area contributed by atoms with Crippen molar-refractivity contribution < 1.29 is 14.3 Å². The molecule has 1 amide bonds. The molecule has 6 heteroatoms. The van der Waals surface area contributed by atoms with Crippen molar-refractivity contribution >= 4 is 11.6 Å². The predicted octanol–water partition coefficient (Wildman–Crippen LogP) is 3.76. The molecule has 3 rings (SSSR count). The van der Waals surface area contributed by atoms with Crippen LogP contribution in [0.25, 0.3) is 5.69 Å². The van der Waals surface area contributed by atoms with Crippen LogP contribution in [0.15, 0.2) is 48.7 Å². The molecule has 0 aliphatic rings. The highest BCUT2D eigenvalue weighted by molar-refractivity contribution is 6.05. The molecule has 3 aromatic rings. The van der Waals surface area contributed by atoms with E-state index in [0.29, 0.717) is 22.7 Å². The summed E-state index contributed by atoms with van der Waals surface area (Å²) in [5.74, 6) is 0.968. The quantitative estimate of drug-likeness (QED) is 0.760. The number of nitrogens with zero attached hydrogens (tertiary/aromatic N) is 2. The van der Waals surface area contributed by atoms with E-state index in [4.69, 9.17) is 9.47 Å². The number of methoxy groups -OCH3 is 2. The molecule has 0 saturated heterocycles. The van der Waals surface area contributed by atoms with E-state index in [-0.39, 0.29) is 5.91 Å². The lowest BCUT2D eigenvalue weighted by Crippen LogP contribution is -2.13. The fourth-order valence-electron chi connectivity index (χ4n) is 2.73. The maximum absolute atomic E-state index is 12.7. The smallest absolute Gasteiger partial charge is 0.259 e. The highest BCUT2D eigenvalue weighted by atomic mass is 16.5. The summed E-state index contributed by atoms with van der Waals surface area (Å²) >= 11 is 0. The van der Waals surface area contributed by atoms with Crippen LogP contribution in [-0.4, -0.2) is 29.9 Å². The summed E-state index contributed by atoms with van der Waals surface area (Å²) < 4.78 is 12.2. The van der Waals surface area contributed by atoms with E-state index in [1.807, 2.05) is 38.1 Å². The molecule has 0 saturated carbocycles. The first-order valence-corrected chi connectivity index (χ1v) is 8.18. The average molecular weight is 351 g/mol. The van der Waals surface area contributed by atoms with Gasteiger partial charge in [0.25, 0.3) is 5.91 Å². The molecule has 134 valence electrons. The number of nitrogens with one attached hydrogen (secondary N) is 1. The van der Waals surface area contributed by atoms with Crippen molar-refractivity contribution in [1.82, 2.24) is 9.78 Å². The predicted molar refractivity (Wildman–Crippen MR) is 101 cm³/mol. The summed E-state index contributed by atoms with van der Waals surface area (Å²) in [4.78, 5) is 12.7. The lowest BCUT2D eigenvalue weighted by atomic mass is 10.2. The Balaban J connectivity index is 1.88. The van der Waals surface area contributed by atoms with Crippen molar-refractivity contribution in [3.8, 4) is 17.2 Å². The third-order valence-corrected chi connectivity index (χ3v) is 4.11. The molecular formula is C20H21N3O3. The molecule has 1 heterocycles. The summed E-state index contributed by atoms with van der Waals surface area (Å²) in [6.45, 7) is 3.89. The Morgan fingerprint density at radius 2 is 1.73 bits per heavy atom. The molecule has 1 aromatic heterocycles. The third-order valence-electron chi connectivity index (χ3n) is 4.11. The summed E-state index contributed by atoms with van der Waals surface area (Å²) in [5.41, 5.74) is 3.92. The van der Waals surface area contributed by atoms with Crippen LogP contribution >= 0.6 is 0 Å². The van der Waals surface area contributed by atoms with Gasteiger partial charge >= 0.3 is 0 Å². The first-order valence-electron chi connectivity index (χ1n) is 8.18.